The molecule has 0 unspecified atom stereocenters. The van der Waals surface area contributed by atoms with Gasteiger partial charge in [0.05, 0.1) is 6.26 Å². The van der Waals surface area contributed by atoms with Gasteiger partial charge >= 0.3 is 0 Å². The third-order valence-electron chi connectivity index (χ3n) is 4.12. The van der Waals surface area contributed by atoms with Gasteiger partial charge in [-0.2, -0.15) is 0 Å². The van der Waals surface area contributed by atoms with E-state index >= 15 is 0 Å². The highest BCUT2D eigenvalue weighted by molar-refractivity contribution is 7.80. The third-order valence-corrected chi connectivity index (χ3v) is 4.32. The van der Waals surface area contributed by atoms with Crippen LogP contribution in [-0.2, 0) is 4.79 Å². The normalized spacial score (nSPS) is 11.8. The monoisotopic (exact) mass is 402 g/mol. The first-order valence-corrected chi connectivity index (χ1v) is 9.50. The molecule has 2 aromatic rings. The molecule has 1 aromatic heterocycles. The molecule has 1 heterocycles. The van der Waals surface area contributed by atoms with Crippen LogP contribution in [0.2, 0.25) is 0 Å². The van der Waals surface area contributed by atoms with E-state index in [0.29, 0.717) is 5.92 Å². The number of nitrogens with one attached hydrogen (secondary N) is 4. The number of amides is 2. The second-order valence-electron chi connectivity index (χ2n) is 7.02. The molecule has 8 heteroatoms. The van der Waals surface area contributed by atoms with Gasteiger partial charge in [0.25, 0.3) is 11.8 Å². The van der Waals surface area contributed by atoms with E-state index in [9.17, 15) is 9.59 Å². The number of benzene rings is 1. The van der Waals surface area contributed by atoms with Gasteiger partial charge in [0.15, 0.2) is 10.9 Å². The predicted octanol–water partition coefficient (Wildman–Crippen LogP) is 3.18. The lowest BCUT2D eigenvalue weighted by atomic mass is 10.0. The third kappa shape index (κ3) is 6.09. The Morgan fingerprint density at radius 1 is 1.00 bits per heavy atom. The molecule has 2 amide bonds. The largest absolute Gasteiger partial charge is 0.459 e. The van der Waals surface area contributed by atoms with E-state index in [1.165, 1.54) is 17.9 Å². The molecule has 0 fully saturated rings. The maximum atomic E-state index is 12.5. The molecule has 0 radical (unpaired) electrons. The number of hydrazine groups is 1. The molecule has 1 atom stereocenters. The molecular formula is C20H26N4O3S. The molecule has 0 aliphatic heterocycles. The first-order chi connectivity index (χ1) is 13.3. The van der Waals surface area contributed by atoms with Crippen LogP contribution in [0, 0.1) is 5.92 Å². The minimum absolute atomic E-state index is 0.133. The van der Waals surface area contributed by atoms with Gasteiger partial charge in [-0.3, -0.25) is 20.4 Å². The molecule has 4 N–H and O–H groups in total. The number of furan rings is 1. The number of thiocarbonyl (C=S) groups is 1. The molecule has 0 bridgehead atoms. The Morgan fingerprint density at radius 3 is 2.21 bits per heavy atom. The summed E-state index contributed by atoms with van der Waals surface area (Å²) in [6.07, 6.45) is 1.40. The van der Waals surface area contributed by atoms with Crippen molar-refractivity contribution >= 4 is 34.8 Å². The maximum Gasteiger partial charge on any atom is 0.287 e. The molecule has 0 aliphatic rings. The van der Waals surface area contributed by atoms with Crippen molar-refractivity contribution in [1.82, 2.24) is 16.2 Å². The number of anilines is 1. The van der Waals surface area contributed by atoms with Crippen molar-refractivity contribution < 1.29 is 14.0 Å². The van der Waals surface area contributed by atoms with Gasteiger partial charge in [-0.1, -0.05) is 39.8 Å². The highest BCUT2D eigenvalue weighted by Gasteiger charge is 2.25. The van der Waals surface area contributed by atoms with Crippen molar-refractivity contribution in [3.63, 3.8) is 0 Å². The van der Waals surface area contributed by atoms with E-state index in [0.717, 1.165) is 5.69 Å². The van der Waals surface area contributed by atoms with Crippen molar-refractivity contribution in [3.05, 3.63) is 54.0 Å². The summed E-state index contributed by atoms with van der Waals surface area (Å²) >= 11 is 5.20. The van der Waals surface area contributed by atoms with Crippen LogP contribution in [0.3, 0.4) is 0 Å². The first-order valence-electron chi connectivity index (χ1n) is 9.09. The minimum atomic E-state index is -0.752. The maximum absolute atomic E-state index is 12.5. The van der Waals surface area contributed by atoms with E-state index in [-0.39, 0.29) is 16.8 Å². The average molecular weight is 403 g/mol. The Morgan fingerprint density at radius 2 is 1.68 bits per heavy atom. The second kappa shape index (κ2) is 9.89. The van der Waals surface area contributed by atoms with Gasteiger partial charge in [0.1, 0.15) is 6.04 Å². The Balaban J connectivity index is 1.87. The Hall–Kier alpha value is -2.87. The molecule has 150 valence electrons. The summed E-state index contributed by atoms with van der Waals surface area (Å²) in [7, 11) is 0. The second-order valence-corrected chi connectivity index (χ2v) is 7.43. The molecule has 1 aromatic carbocycles. The summed E-state index contributed by atoms with van der Waals surface area (Å²) < 4.78 is 5.05. The average Bonchev–Trinajstić information content (AvgIpc) is 3.19. The zero-order chi connectivity index (χ0) is 20.7. The van der Waals surface area contributed by atoms with Gasteiger partial charge in [0.2, 0.25) is 0 Å². The SMILES string of the molecule is CC(C)c1ccc(NC(=S)NNC(=O)[C@@H](NC(=O)c2ccco2)C(C)C)cc1. The number of rotatable bonds is 6. The van der Waals surface area contributed by atoms with Crippen molar-refractivity contribution in [2.75, 3.05) is 5.32 Å². The van der Waals surface area contributed by atoms with Crippen LogP contribution in [0.15, 0.2) is 47.1 Å². The van der Waals surface area contributed by atoms with Crippen LogP contribution in [0.5, 0.6) is 0 Å². The van der Waals surface area contributed by atoms with Gasteiger partial charge in [-0.25, -0.2) is 0 Å². The summed E-state index contributed by atoms with van der Waals surface area (Å²) in [5, 5.41) is 5.90. The Kier molecular flexibility index (Phi) is 7.57. The molecular weight excluding hydrogens is 376 g/mol. The molecule has 0 saturated carbocycles. The summed E-state index contributed by atoms with van der Waals surface area (Å²) in [4.78, 5) is 24.6. The molecule has 0 saturated heterocycles. The van der Waals surface area contributed by atoms with Crippen LogP contribution in [0.1, 0.15) is 49.7 Å². The highest BCUT2D eigenvalue weighted by Crippen LogP contribution is 2.17. The fourth-order valence-electron chi connectivity index (χ4n) is 2.46. The zero-order valence-electron chi connectivity index (χ0n) is 16.4. The standard InChI is InChI=1S/C20H26N4O3S/c1-12(2)14-7-9-15(10-8-14)21-20(28)24-23-19(26)17(13(3)4)22-18(25)16-6-5-11-27-16/h5-13,17H,1-4H3,(H,22,25)(H,23,26)(H2,21,24,28)/t17-/m0/s1. The van der Waals surface area contributed by atoms with Crippen molar-refractivity contribution in [1.29, 1.82) is 0 Å². The summed E-state index contributed by atoms with van der Waals surface area (Å²) in [5.41, 5.74) is 7.22. The fraction of sp³-hybridized carbons (Fsp3) is 0.350. The molecule has 0 spiro atoms. The van der Waals surface area contributed by atoms with Crippen LogP contribution in [0.4, 0.5) is 5.69 Å². The van der Waals surface area contributed by atoms with Gasteiger partial charge < -0.3 is 15.1 Å². The van der Waals surface area contributed by atoms with Gasteiger partial charge in [-0.15, -0.1) is 0 Å². The summed E-state index contributed by atoms with van der Waals surface area (Å²) in [5.74, 6) is -0.402. The molecule has 7 nitrogen and oxygen atoms in total. The van der Waals surface area contributed by atoms with Crippen LogP contribution in [-0.4, -0.2) is 23.0 Å². The smallest absolute Gasteiger partial charge is 0.287 e. The molecule has 28 heavy (non-hydrogen) atoms. The van der Waals surface area contributed by atoms with Crippen LogP contribution < -0.4 is 21.5 Å². The lowest BCUT2D eigenvalue weighted by Crippen LogP contribution is -2.54. The highest BCUT2D eigenvalue weighted by atomic mass is 32.1. The minimum Gasteiger partial charge on any atom is -0.459 e. The number of hydrogen-bond acceptors (Lipinski definition) is 4. The van der Waals surface area contributed by atoms with E-state index in [1.807, 2.05) is 38.1 Å². The number of carbonyl (C=O) groups excluding carboxylic acids is 2. The van der Waals surface area contributed by atoms with Crippen LogP contribution >= 0.6 is 12.2 Å². The topological polar surface area (TPSA) is 95.4 Å². The van der Waals surface area contributed by atoms with Crippen LogP contribution in [0.25, 0.3) is 0 Å². The van der Waals surface area contributed by atoms with Crippen molar-refractivity contribution in [3.8, 4) is 0 Å². The van der Waals surface area contributed by atoms with Crippen molar-refractivity contribution in [2.24, 2.45) is 5.92 Å². The fourth-order valence-corrected chi connectivity index (χ4v) is 2.63. The Bertz CT molecular complexity index is 801. The quantitative estimate of drug-likeness (QED) is 0.438. The lowest BCUT2D eigenvalue weighted by molar-refractivity contribution is -0.124. The number of carbonyl (C=O) groups is 2. The van der Waals surface area contributed by atoms with E-state index < -0.39 is 17.9 Å². The van der Waals surface area contributed by atoms with E-state index in [2.05, 4.69) is 35.3 Å². The zero-order valence-corrected chi connectivity index (χ0v) is 17.2. The summed E-state index contributed by atoms with van der Waals surface area (Å²) in [6.45, 7) is 7.92. The lowest BCUT2D eigenvalue weighted by Gasteiger charge is -2.22. The Labute approximate surface area is 170 Å². The molecule has 2 rings (SSSR count). The van der Waals surface area contributed by atoms with E-state index in [4.69, 9.17) is 16.6 Å². The number of hydrogen-bond donors (Lipinski definition) is 4. The molecule has 0 aliphatic carbocycles. The first kappa shape index (κ1) is 21.4. The van der Waals surface area contributed by atoms with Gasteiger partial charge in [0, 0.05) is 5.69 Å². The predicted molar refractivity (Wildman–Crippen MR) is 113 cm³/mol. The van der Waals surface area contributed by atoms with Crippen molar-refractivity contribution in [2.45, 2.75) is 39.7 Å². The summed E-state index contributed by atoms with van der Waals surface area (Å²) in [6, 6.07) is 10.3. The van der Waals surface area contributed by atoms with E-state index in [1.54, 1.807) is 6.07 Å². The van der Waals surface area contributed by atoms with Gasteiger partial charge in [-0.05, 0) is 53.9 Å².